The van der Waals surface area contributed by atoms with E-state index < -0.39 is 0 Å². The fraction of sp³-hybridized carbons (Fsp3) is 0.0556. The van der Waals surface area contributed by atoms with Crippen LogP contribution in [0.2, 0.25) is 0 Å². The van der Waals surface area contributed by atoms with Crippen molar-refractivity contribution in [3.05, 3.63) is 71.8 Å². The number of benzene rings is 3. The predicted octanol–water partition coefficient (Wildman–Crippen LogP) is 4.63. The van der Waals surface area contributed by atoms with Gasteiger partial charge in [0, 0.05) is 5.56 Å². The van der Waals surface area contributed by atoms with Gasteiger partial charge in [-0.25, -0.2) is 0 Å². The van der Waals surface area contributed by atoms with Gasteiger partial charge in [-0.1, -0.05) is 60.2 Å². The van der Waals surface area contributed by atoms with Gasteiger partial charge in [0.2, 0.25) is 0 Å². The largest absolute Gasteiger partial charge is 0.298 e. The lowest BCUT2D eigenvalue weighted by Crippen LogP contribution is -1.90. The van der Waals surface area contributed by atoms with E-state index in [1.165, 1.54) is 10.8 Å². The minimum Gasteiger partial charge on any atom is -0.298 e. The lowest BCUT2D eigenvalue weighted by Gasteiger charge is -2.09. The summed E-state index contributed by atoms with van der Waals surface area (Å²) in [5.74, 6) is 0. The van der Waals surface area contributed by atoms with Crippen molar-refractivity contribution in [3.63, 3.8) is 0 Å². The van der Waals surface area contributed by atoms with Crippen LogP contribution in [0.15, 0.2) is 60.7 Å². The highest BCUT2D eigenvalue weighted by Gasteiger charge is 2.07. The van der Waals surface area contributed by atoms with Crippen molar-refractivity contribution in [3.8, 4) is 11.1 Å². The number of carbonyl (C=O) groups excluding carboxylic acids is 1. The molecule has 3 aromatic rings. The van der Waals surface area contributed by atoms with Crippen LogP contribution < -0.4 is 0 Å². The molecule has 0 saturated heterocycles. The Morgan fingerprint density at radius 3 is 2.47 bits per heavy atom. The van der Waals surface area contributed by atoms with Crippen molar-refractivity contribution in [1.29, 1.82) is 0 Å². The van der Waals surface area contributed by atoms with Crippen molar-refractivity contribution in [2.45, 2.75) is 6.92 Å². The fourth-order valence-electron chi connectivity index (χ4n) is 2.49. The molecule has 1 heteroatoms. The molecule has 0 heterocycles. The molecule has 3 rings (SSSR count). The number of hydrogen-bond acceptors (Lipinski definition) is 1. The summed E-state index contributed by atoms with van der Waals surface area (Å²) in [6, 6.07) is 20.4. The zero-order valence-corrected chi connectivity index (χ0v) is 10.8. The number of hydrogen-bond donors (Lipinski definition) is 0. The van der Waals surface area contributed by atoms with Crippen LogP contribution in [-0.4, -0.2) is 6.29 Å². The molecule has 1 nitrogen and oxygen atoms in total. The first-order valence-electron chi connectivity index (χ1n) is 6.33. The Balaban J connectivity index is 2.33. The molecule has 92 valence electrons. The molecule has 0 bridgehead atoms. The average molecular weight is 246 g/mol. The van der Waals surface area contributed by atoms with E-state index >= 15 is 0 Å². The molecular weight excluding hydrogens is 232 g/mol. The van der Waals surface area contributed by atoms with E-state index in [-0.39, 0.29) is 0 Å². The van der Waals surface area contributed by atoms with Crippen molar-refractivity contribution in [2.75, 3.05) is 0 Å². The maximum absolute atomic E-state index is 11.3. The topological polar surface area (TPSA) is 17.1 Å². The third-order valence-corrected chi connectivity index (χ3v) is 3.41. The highest BCUT2D eigenvalue weighted by atomic mass is 16.1. The van der Waals surface area contributed by atoms with E-state index in [0.717, 1.165) is 28.5 Å². The average Bonchev–Trinajstić information content (AvgIpc) is 2.46. The number of fused-ring (bicyclic) bond motifs is 1. The molecule has 0 aliphatic carbocycles. The van der Waals surface area contributed by atoms with Gasteiger partial charge in [-0.05, 0) is 34.9 Å². The lowest BCUT2D eigenvalue weighted by atomic mass is 9.94. The third kappa shape index (κ3) is 2.04. The summed E-state index contributed by atoms with van der Waals surface area (Å²) in [7, 11) is 0. The minimum atomic E-state index is 0.747. The lowest BCUT2D eigenvalue weighted by molar-refractivity contribution is 0.112. The van der Waals surface area contributed by atoms with E-state index in [4.69, 9.17) is 0 Å². The number of rotatable bonds is 2. The molecule has 0 N–H and O–H groups in total. The SMILES string of the molecule is Cc1ccc(-c2cccc3ccccc23)c(C=O)c1. The van der Waals surface area contributed by atoms with Crippen molar-refractivity contribution < 1.29 is 4.79 Å². The molecule has 3 aromatic carbocycles. The minimum absolute atomic E-state index is 0.747. The normalized spacial score (nSPS) is 10.6. The second kappa shape index (κ2) is 4.69. The maximum atomic E-state index is 11.3. The Hall–Kier alpha value is -2.41. The van der Waals surface area contributed by atoms with E-state index in [1.807, 2.05) is 43.3 Å². The quantitative estimate of drug-likeness (QED) is 0.602. The number of aldehydes is 1. The first-order valence-corrected chi connectivity index (χ1v) is 6.33. The second-order valence-corrected chi connectivity index (χ2v) is 4.74. The number of carbonyl (C=O) groups is 1. The molecule has 0 aliphatic heterocycles. The predicted molar refractivity (Wildman–Crippen MR) is 79.5 cm³/mol. The summed E-state index contributed by atoms with van der Waals surface area (Å²) in [5.41, 5.74) is 3.96. The molecule has 0 spiro atoms. The van der Waals surface area contributed by atoms with Gasteiger partial charge in [0.15, 0.2) is 6.29 Å². The Morgan fingerprint density at radius 2 is 1.63 bits per heavy atom. The molecule has 0 aliphatic rings. The van der Waals surface area contributed by atoms with E-state index in [0.29, 0.717) is 0 Å². The smallest absolute Gasteiger partial charge is 0.150 e. The molecule has 0 saturated carbocycles. The van der Waals surface area contributed by atoms with Gasteiger partial charge in [-0.2, -0.15) is 0 Å². The first kappa shape index (κ1) is 11.7. The second-order valence-electron chi connectivity index (χ2n) is 4.74. The molecule has 0 atom stereocenters. The van der Waals surface area contributed by atoms with Gasteiger partial charge in [0.05, 0.1) is 0 Å². The van der Waals surface area contributed by atoms with Crippen LogP contribution in [0, 0.1) is 6.92 Å². The monoisotopic (exact) mass is 246 g/mol. The van der Waals surface area contributed by atoms with Gasteiger partial charge in [-0.15, -0.1) is 0 Å². The maximum Gasteiger partial charge on any atom is 0.150 e. The van der Waals surface area contributed by atoms with E-state index in [1.54, 1.807) is 0 Å². The van der Waals surface area contributed by atoms with E-state index in [2.05, 4.69) is 24.3 Å². The number of aryl methyl sites for hydroxylation is 1. The van der Waals surface area contributed by atoms with Crippen LogP contribution in [0.5, 0.6) is 0 Å². The van der Waals surface area contributed by atoms with Crippen LogP contribution >= 0.6 is 0 Å². The molecule has 0 aromatic heterocycles. The first-order chi connectivity index (χ1) is 9.29. The summed E-state index contributed by atoms with van der Waals surface area (Å²) in [4.78, 5) is 11.3. The Morgan fingerprint density at radius 1 is 0.842 bits per heavy atom. The highest BCUT2D eigenvalue weighted by Crippen LogP contribution is 2.30. The molecule has 0 unspecified atom stereocenters. The molecule has 0 fully saturated rings. The van der Waals surface area contributed by atoms with Gasteiger partial charge in [-0.3, -0.25) is 4.79 Å². The molecule has 0 radical (unpaired) electrons. The zero-order valence-electron chi connectivity index (χ0n) is 10.8. The Labute approximate surface area is 112 Å². The van der Waals surface area contributed by atoms with Gasteiger partial charge < -0.3 is 0 Å². The van der Waals surface area contributed by atoms with Crippen molar-refractivity contribution >= 4 is 17.1 Å². The molecule has 19 heavy (non-hydrogen) atoms. The van der Waals surface area contributed by atoms with E-state index in [9.17, 15) is 4.79 Å². The zero-order chi connectivity index (χ0) is 13.2. The van der Waals surface area contributed by atoms with Crippen LogP contribution in [0.3, 0.4) is 0 Å². The van der Waals surface area contributed by atoms with Crippen LogP contribution in [0.1, 0.15) is 15.9 Å². The van der Waals surface area contributed by atoms with Crippen LogP contribution in [-0.2, 0) is 0 Å². The van der Waals surface area contributed by atoms with Gasteiger partial charge in [0.25, 0.3) is 0 Å². The fourth-order valence-corrected chi connectivity index (χ4v) is 2.49. The summed E-state index contributed by atoms with van der Waals surface area (Å²) >= 11 is 0. The molecular formula is C18H14O. The van der Waals surface area contributed by atoms with Crippen molar-refractivity contribution in [2.24, 2.45) is 0 Å². The summed E-state index contributed by atoms with van der Waals surface area (Å²) in [5, 5.41) is 2.37. The highest BCUT2D eigenvalue weighted by molar-refractivity contribution is 6.00. The van der Waals surface area contributed by atoms with Gasteiger partial charge in [0.1, 0.15) is 0 Å². The standard InChI is InChI=1S/C18H14O/c1-13-9-10-17(15(11-13)12-19)18-8-4-6-14-5-2-3-7-16(14)18/h2-12H,1H3. The van der Waals surface area contributed by atoms with Crippen molar-refractivity contribution in [1.82, 2.24) is 0 Å². The summed E-state index contributed by atoms with van der Waals surface area (Å²) < 4.78 is 0. The van der Waals surface area contributed by atoms with Crippen LogP contribution in [0.4, 0.5) is 0 Å². The Bertz CT molecular complexity index is 751. The molecule has 0 amide bonds. The van der Waals surface area contributed by atoms with Gasteiger partial charge >= 0.3 is 0 Å². The third-order valence-electron chi connectivity index (χ3n) is 3.41. The van der Waals surface area contributed by atoms with Crippen LogP contribution in [0.25, 0.3) is 21.9 Å². The summed E-state index contributed by atoms with van der Waals surface area (Å²) in [6.07, 6.45) is 0.935. The Kier molecular flexibility index (Phi) is 2.88. The summed E-state index contributed by atoms with van der Waals surface area (Å²) in [6.45, 7) is 2.00.